The van der Waals surface area contributed by atoms with Gasteiger partial charge in [0.1, 0.15) is 5.60 Å². The molecular weight excluding hydrogens is 266 g/mol. The number of methoxy groups -OCH3 is 2. The molecule has 0 aromatic heterocycles. The Morgan fingerprint density at radius 1 is 1.38 bits per heavy atom. The van der Waals surface area contributed by atoms with Gasteiger partial charge in [0.25, 0.3) is 0 Å². The third kappa shape index (κ3) is 2.77. The molecule has 2 rings (SSSR count). The average Bonchev–Trinajstić information content (AvgIpc) is 3.33. The highest BCUT2D eigenvalue weighted by Crippen LogP contribution is 2.54. The van der Waals surface area contributed by atoms with Gasteiger partial charge in [0, 0.05) is 12.7 Å². The number of carbonyl (C=O) groups excluding carboxylic acids is 1. The summed E-state index contributed by atoms with van der Waals surface area (Å²) < 4.78 is 10.2. The van der Waals surface area contributed by atoms with Crippen LogP contribution in [0.4, 0.5) is 0 Å². The summed E-state index contributed by atoms with van der Waals surface area (Å²) in [6.45, 7) is 1.83. The van der Waals surface area contributed by atoms with Gasteiger partial charge in [0.15, 0.2) is 0 Å². The SMILES string of the molecule is COC(=O)c1cccc(C#C[C@](C)(OC)C2(C#N)CC2)c1. The Morgan fingerprint density at radius 3 is 2.62 bits per heavy atom. The van der Waals surface area contributed by atoms with E-state index in [1.807, 2.05) is 13.0 Å². The molecule has 0 spiro atoms. The van der Waals surface area contributed by atoms with Gasteiger partial charge in [0.2, 0.25) is 0 Å². The van der Waals surface area contributed by atoms with E-state index in [4.69, 9.17) is 4.74 Å². The van der Waals surface area contributed by atoms with Crippen molar-refractivity contribution >= 4 is 5.97 Å². The maximum atomic E-state index is 11.5. The fraction of sp³-hybridized carbons (Fsp3) is 0.412. The molecule has 1 aliphatic rings. The quantitative estimate of drug-likeness (QED) is 0.632. The van der Waals surface area contributed by atoms with Crippen LogP contribution in [0.15, 0.2) is 24.3 Å². The number of ether oxygens (including phenoxy) is 2. The number of nitrogens with zero attached hydrogens (tertiary/aromatic N) is 1. The summed E-state index contributed by atoms with van der Waals surface area (Å²) in [5.74, 6) is 5.66. The second-order valence-electron chi connectivity index (χ2n) is 5.25. The fourth-order valence-corrected chi connectivity index (χ4v) is 2.22. The summed E-state index contributed by atoms with van der Waals surface area (Å²) >= 11 is 0. The van der Waals surface area contributed by atoms with Crippen LogP contribution in [0.1, 0.15) is 35.7 Å². The molecule has 1 fully saturated rings. The van der Waals surface area contributed by atoms with E-state index in [-0.39, 0.29) is 0 Å². The Balaban J connectivity index is 2.30. The summed E-state index contributed by atoms with van der Waals surface area (Å²) in [5.41, 5.74) is -0.183. The van der Waals surface area contributed by atoms with Crippen molar-refractivity contribution in [1.82, 2.24) is 0 Å². The van der Waals surface area contributed by atoms with Crippen LogP contribution in [-0.2, 0) is 9.47 Å². The van der Waals surface area contributed by atoms with E-state index in [9.17, 15) is 10.1 Å². The molecule has 0 bridgehead atoms. The van der Waals surface area contributed by atoms with Crippen LogP contribution in [0, 0.1) is 28.6 Å². The molecule has 0 amide bonds. The number of nitriles is 1. The van der Waals surface area contributed by atoms with Crippen molar-refractivity contribution < 1.29 is 14.3 Å². The van der Waals surface area contributed by atoms with Crippen LogP contribution < -0.4 is 0 Å². The molecule has 4 heteroatoms. The predicted molar refractivity (Wildman–Crippen MR) is 77.4 cm³/mol. The first kappa shape index (κ1) is 15.1. The van der Waals surface area contributed by atoms with Crippen LogP contribution >= 0.6 is 0 Å². The molecule has 1 aliphatic carbocycles. The number of hydrogen-bond donors (Lipinski definition) is 0. The molecule has 0 N–H and O–H groups in total. The first-order valence-electron chi connectivity index (χ1n) is 6.68. The zero-order valence-corrected chi connectivity index (χ0v) is 12.4. The van der Waals surface area contributed by atoms with Crippen molar-refractivity contribution in [1.29, 1.82) is 5.26 Å². The number of benzene rings is 1. The number of carbonyl (C=O) groups is 1. The van der Waals surface area contributed by atoms with E-state index in [1.165, 1.54) is 7.11 Å². The number of esters is 1. The van der Waals surface area contributed by atoms with Gasteiger partial charge in [-0.15, -0.1) is 0 Å². The standard InChI is InChI=1S/C17H17NO3/c1-16(21-3,17(12-18)9-10-17)8-7-13-5-4-6-14(11-13)15(19)20-2/h4-6,11H,9-10H2,1-3H3/t16-/m0/s1. The van der Waals surface area contributed by atoms with Crippen molar-refractivity contribution in [3.8, 4) is 17.9 Å². The third-order valence-corrected chi connectivity index (χ3v) is 4.01. The maximum Gasteiger partial charge on any atom is 0.337 e. The lowest BCUT2D eigenvalue weighted by Gasteiger charge is -2.26. The Morgan fingerprint density at radius 2 is 2.10 bits per heavy atom. The van der Waals surface area contributed by atoms with E-state index in [2.05, 4.69) is 22.6 Å². The van der Waals surface area contributed by atoms with Crippen LogP contribution in [0.5, 0.6) is 0 Å². The second kappa shape index (κ2) is 5.60. The van der Waals surface area contributed by atoms with Crippen molar-refractivity contribution in [3.63, 3.8) is 0 Å². The topological polar surface area (TPSA) is 59.3 Å². The van der Waals surface area contributed by atoms with Crippen LogP contribution in [-0.4, -0.2) is 25.8 Å². The maximum absolute atomic E-state index is 11.5. The Hall–Kier alpha value is -2.30. The van der Waals surface area contributed by atoms with Crippen LogP contribution in [0.3, 0.4) is 0 Å². The lowest BCUT2D eigenvalue weighted by molar-refractivity contribution is 0.0147. The largest absolute Gasteiger partial charge is 0.465 e. The summed E-state index contributed by atoms with van der Waals surface area (Å²) in [5, 5.41) is 9.31. The first-order chi connectivity index (χ1) is 10.00. The van der Waals surface area contributed by atoms with Crippen molar-refractivity contribution in [2.75, 3.05) is 14.2 Å². The van der Waals surface area contributed by atoms with Crippen molar-refractivity contribution in [2.45, 2.75) is 25.4 Å². The van der Waals surface area contributed by atoms with E-state index < -0.39 is 17.0 Å². The number of rotatable bonds is 3. The average molecular weight is 283 g/mol. The summed E-state index contributed by atoms with van der Waals surface area (Å²) in [4.78, 5) is 11.5. The summed E-state index contributed by atoms with van der Waals surface area (Å²) in [7, 11) is 2.91. The Kier molecular flexibility index (Phi) is 4.02. The highest BCUT2D eigenvalue weighted by molar-refractivity contribution is 5.89. The molecule has 0 aliphatic heterocycles. The highest BCUT2D eigenvalue weighted by Gasteiger charge is 2.58. The molecule has 1 saturated carbocycles. The highest BCUT2D eigenvalue weighted by atomic mass is 16.5. The van der Waals surface area contributed by atoms with Crippen LogP contribution in [0.25, 0.3) is 0 Å². The zero-order valence-electron chi connectivity index (χ0n) is 12.4. The van der Waals surface area contributed by atoms with Gasteiger partial charge in [0.05, 0.1) is 24.2 Å². The van der Waals surface area contributed by atoms with Gasteiger partial charge in [-0.2, -0.15) is 5.26 Å². The molecule has 0 unspecified atom stereocenters. The molecule has 1 aromatic carbocycles. The van der Waals surface area contributed by atoms with E-state index >= 15 is 0 Å². The molecule has 0 saturated heterocycles. The minimum absolute atomic E-state index is 0.399. The molecule has 1 atom stereocenters. The van der Waals surface area contributed by atoms with Crippen molar-refractivity contribution in [3.05, 3.63) is 35.4 Å². The fourth-order valence-electron chi connectivity index (χ4n) is 2.22. The zero-order chi connectivity index (χ0) is 15.5. The third-order valence-electron chi connectivity index (χ3n) is 4.01. The molecule has 108 valence electrons. The van der Waals surface area contributed by atoms with Gasteiger partial charge in [-0.3, -0.25) is 0 Å². The molecule has 21 heavy (non-hydrogen) atoms. The van der Waals surface area contributed by atoms with Gasteiger partial charge in [-0.1, -0.05) is 17.9 Å². The van der Waals surface area contributed by atoms with Gasteiger partial charge in [-0.05, 0) is 38.0 Å². The summed E-state index contributed by atoms with van der Waals surface area (Å²) in [6, 6.07) is 9.21. The summed E-state index contributed by atoms with van der Waals surface area (Å²) in [6.07, 6.45) is 1.59. The monoisotopic (exact) mass is 283 g/mol. The number of hydrogen-bond acceptors (Lipinski definition) is 4. The van der Waals surface area contributed by atoms with Crippen LogP contribution in [0.2, 0.25) is 0 Å². The first-order valence-corrected chi connectivity index (χ1v) is 6.68. The van der Waals surface area contributed by atoms with E-state index in [0.717, 1.165) is 12.8 Å². The Bertz CT molecular complexity index is 659. The molecule has 4 nitrogen and oxygen atoms in total. The molecular formula is C17H17NO3. The van der Waals surface area contributed by atoms with Crippen molar-refractivity contribution in [2.24, 2.45) is 5.41 Å². The lowest BCUT2D eigenvalue weighted by atomic mass is 9.87. The smallest absolute Gasteiger partial charge is 0.337 e. The van der Waals surface area contributed by atoms with Gasteiger partial charge < -0.3 is 9.47 Å². The van der Waals surface area contributed by atoms with E-state index in [0.29, 0.717) is 11.1 Å². The van der Waals surface area contributed by atoms with E-state index in [1.54, 1.807) is 25.3 Å². The molecule has 0 radical (unpaired) electrons. The minimum atomic E-state index is -0.803. The van der Waals surface area contributed by atoms with Gasteiger partial charge in [-0.25, -0.2) is 4.79 Å². The van der Waals surface area contributed by atoms with Gasteiger partial charge >= 0.3 is 5.97 Å². The lowest BCUT2D eigenvalue weighted by Crippen LogP contribution is -2.36. The minimum Gasteiger partial charge on any atom is -0.465 e. The normalized spacial score (nSPS) is 17.6. The molecule has 0 heterocycles. The Labute approximate surface area is 124 Å². The predicted octanol–water partition coefficient (Wildman–Crippen LogP) is 2.53. The second-order valence-corrected chi connectivity index (χ2v) is 5.25. The molecule has 1 aromatic rings.